The van der Waals surface area contributed by atoms with E-state index in [9.17, 15) is 34.6 Å². The Morgan fingerprint density at radius 1 is 0.906 bits per heavy atom. The third-order valence-electron chi connectivity index (χ3n) is 3.05. The van der Waals surface area contributed by atoms with Crippen molar-refractivity contribution < 1.29 is 48.4 Å². The van der Waals surface area contributed by atoms with Gasteiger partial charge in [0, 0.05) is 6.42 Å². The smallest absolute Gasteiger partial charge is 0.408 e. The zero-order chi connectivity index (χ0) is 25.1. The third-order valence-corrected chi connectivity index (χ3v) is 3.05. The SMILES string of the molecule is CC(C)(C)OC(=O)CC[C@H](NC(=O)OC(C)(C)C)C(=O)OC[C@@H](CO[N+](=O)[O-])O[N+](=O)[O-]. The van der Waals surface area contributed by atoms with E-state index in [-0.39, 0.29) is 12.8 Å². The number of carbonyl (C=O) groups is 3. The minimum absolute atomic E-state index is 0.237. The van der Waals surface area contributed by atoms with Crippen LogP contribution in [0, 0.1) is 20.2 Å². The average molecular weight is 467 g/mol. The molecule has 0 aromatic carbocycles. The number of hydrogen-bond donors (Lipinski definition) is 1. The first kappa shape index (κ1) is 28.6. The highest BCUT2D eigenvalue weighted by Gasteiger charge is 2.28. The molecule has 0 saturated heterocycles. The minimum Gasteiger partial charge on any atom is -0.462 e. The molecule has 0 rings (SSSR count). The van der Waals surface area contributed by atoms with Gasteiger partial charge in [0.25, 0.3) is 10.2 Å². The zero-order valence-corrected chi connectivity index (χ0v) is 18.8. The molecule has 0 aliphatic heterocycles. The maximum absolute atomic E-state index is 12.4. The Balaban J connectivity index is 5.15. The van der Waals surface area contributed by atoms with Crippen molar-refractivity contribution in [3.05, 3.63) is 20.2 Å². The van der Waals surface area contributed by atoms with Gasteiger partial charge in [-0.25, -0.2) is 9.59 Å². The van der Waals surface area contributed by atoms with Gasteiger partial charge in [-0.2, -0.15) is 0 Å². The van der Waals surface area contributed by atoms with E-state index in [0.29, 0.717) is 0 Å². The fourth-order valence-electron chi connectivity index (χ4n) is 2.00. The maximum atomic E-state index is 12.4. The van der Waals surface area contributed by atoms with E-state index in [0.717, 1.165) is 0 Å². The van der Waals surface area contributed by atoms with Crippen molar-refractivity contribution in [2.24, 2.45) is 0 Å². The van der Waals surface area contributed by atoms with Gasteiger partial charge in [0.15, 0.2) is 6.10 Å². The van der Waals surface area contributed by atoms with E-state index in [1.54, 1.807) is 41.5 Å². The first-order valence-electron chi connectivity index (χ1n) is 9.45. The van der Waals surface area contributed by atoms with Crippen molar-refractivity contribution in [2.45, 2.75) is 77.7 Å². The highest BCUT2D eigenvalue weighted by atomic mass is 17.0. The number of amides is 1. The van der Waals surface area contributed by atoms with Crippen LogP contribution >= 0.6 is 0 Å². The molecule has 0 unspecified atom stereocenters. The molecule has 0 saturated carbocycles. The molecule has 0 aromatic heterocycles. The van der Waals surface area contributed by atoms with Gasteiger partial charge in [-0.05, 0) is 48.0 Å². The Kier molecular flexibility index (Phi) is 11.1. The van der Waals surface area contributed by atoms with Gasteiger partial charge in [-0.1, -0.05) is 0 Å². The van der Waals surface area contributed by atoms with Gasteiger partial charge in [0.2, 0.25) is 0 Å². The van der Waals surface area contributed by atoms with Crippen molar-refractivity contribution >= 4 is 18.0 Å². The van der Waals surface area contributed by atoms with Gasteiger partial charge in [0.1, 0.15) is 30.5 Å². The number of nitrogens with zero attached hydrogens (tertiary/aromatic N) is 2. The lowest BCUT2D eigenvalue weighted by atomic mass is 10.1. The van der Waals surface area contributed by atoms with Crippen LogP contribution in [0.5, 0.6) is 0 Å². The molecule has 32 heavy (non-hydrogen) atoms. The van der Waals surface area contributed by atoms with Crippen LogP contribution in [0.15, 0.2) is 0 Å². The van der Waals surface area contributed by atoms with Crippen LogP contribution in [-0.2, 0) is 33.5 Å². The Bertz CT molecular complexity index is 683. The van der Waals surface area contributed by atoms with Crippen LogP contribution in [0.3, 0.4) is 0 Å². The third kappa shape index (κ3) is 15.4. The largest absolute Gasteiger partial charge is 0.462 e. The molecule has 0 bridgehead atoms. The first-order valence-corrected chi connectivity index (χ1v) is 9.45. The molecule has 15 heteroatoms. The van der Waals surface area contributed by atoms with Gasteiger partial charge in [-0.15, -0.1) is 20.2 Å². The maximum Gasteiger partial charge on any atom is 0.408 e. The van der Waals surface area contributed by atoms with Crippen molar-refractivity contribution in [1.82, 2.24) is 5.32 Å². The topological polar surface area (TPSA) is 196 Å². The van der Waals surface area contributed by atoms with Crippen molar-refractivity contribution in [1.29, 1.82) is 0 Å². The van der Waals surface area contributed by atoms with Crippen LogP contribution in [0.25, 0.3) is 0 Å². The molecular formula is C17H29N3O12. The Labute approximate surface area is 183 Å². The summed E-state index contributed by atoms with van der Waals surface area (Å²) in [6.45, 7) is 8.05. The van der Waals surface area contributed by atoms with E-state index in [4.69, 9.17) is 14.2 Å². The second kappa shape index (κ2) is 12.5. The molecule has 0 aliphatic rings. The summed E-state index contributed by atoms with van der Waals surface area (Å²) < 4.78 is 15.1. The molecule has 1 N–H and O–H groups in total. The molecular weight excluding hydrogens is 438 g/mol. The molecule has 0 spiro atoms. The second-order valence-electron chi connectivity index (χ2n) is 8.42. The number of hydrogen-bond acceptors (Lipinski definition) is 12. The van der Waals surface area contributed by atoms with E-state index in [2.05, 4.69) is 15.0 Å². The minimum atomic E-state index is -1.60. The van der Waals surface area contributed by atoms with Crippen LogP contribution in [-0.4, -0.2) is 64.8 Å². The summed E-state index contributed by atoms with van der Waals surface area (Å²) in [4.78, 5) is 65.3. The fourth-order valence-corrected chi connectivity index (χ4v) is 2.00. The van der Waals surface area contributed by atoms with Crippen LogP contribution in [0.2, 0.25) is 0 Å². The summed E-state index contributed by atoms with van der Waals surface area (Å²) in [6.07, 6.45) is -3.09. The number of esters is 2. The van der Waals surface area contributed by atoms with E-state index < -0.39 is 64.8 Å². The standard InChI is InChI=1S/C17H29N3O12/c1-16(2,3)30-13(21)8-7-12(18-15(23)31-17(4,5)6)14(22)28-9-11(32-20(26)27)10-29-19(24)25/h11-12H,7-10H2,1-6H3,(H,18,23)/t11-,12-/m0/s1. The fraction of sp³-hybridized carbons (Fsp3) is 0.824. The highest BCUT2D eigenvalue weighted by Crippen LogP contribution is 2.12. The highest BCUT2D eigenvalue weighted by molar-refractivity contribution is 5.82. The van der Waals surface area contributed by atoms with Gasteiger partial charge in [-0.3, -0.25) is 4.79 Å². The van der Waals surface area contributed by atoms with Gasteiger partial charge < -0.3 is 29.2 Å². The van der Waals surface area contributed by atoms with Crippen molar-refractivity contribution in [3.8, 4) is 0 Å². The lowest BCUT2D eigenvalue weighted by Gasteiger charge is -2.24. The molecule has 184 valence electrons. The molecule has 0 heterocycles. The lowest BCUT2D eigenvalue weighted by molar-refractivity contribution is -0.790. The first-order chi connectivity index (χ1) is 14.5. The van der Waals surface area contributed by atoms with E-state index in [1.165, 1.54) is 0 Å². The summed E-state index contributed by atoms with van der Waals surface area (Å²) in [6, 6.07) is -1.38. The number of ether oxygens (including phenoxy) is 3. The summed E-state index contributed by atoms with van der Waals surface area (Å²) in [5.74, 6) is -1.73. The number of carbonyl (C=O) groups excluding carboxylic acids is 3. The average Bonchev–Trinajstić information content (AvgIpc) is 2.57. The molecule has 0 aromatic rings. The quantitative estimate of drug-likeness (QED) is 0.187. The predicted octanol–water partition coefficient (Wildman–Crippen LogP) is 1.33. The monoisotopic (exact) mass is 467 g/mol. The summed E-state index contributed by atoms with van der Waals surface area (Å²) >= 11 is 0. The lowest BCUT2D eigenvalue weighted by Crippen LogP contribution is -2.45. The summed E-state index contributed by atoms with van der Waals surface area (Å²) in [7, 11) is 0. The molecule has 15 nitrogen and oxygen atoms in total. The predicted molar refractivity (Wildman–Crippen MR) is 104 cm³/mol. The molecule has 1 amide bonds. The number of alkyl carbamates (subject to hydrolysis) is 1. The number of nitrogens with one attached hydrogen (secondary N) is 1. The van der Waals surface area contributed by atoms with Gasteiger partial charge >= 0.3 is 18.0 Å². The van der Waals surface area contributed by atoms with Crippen LogP contribution < -0.4 is 5.32 Å². The van der Waals surface area contributed by atoms with Crippen molar-refractivity contribution in [3.63, 3.8) is 0 Å². The van der Waals surface area contributed by atoms with Crippen LogP contribution in [0.1, 0.15) is 54.4 Å². The Morgan fingerprint density at radius 3 is 1.94 bits per heavy atom. The second-order valence-corrected chi connectivity index (χ2v) is 8.42. The zero-order valence-electron chi connectivity index (χ0n) is 18.8. The molecule has 0 aliphatic carbocycles. The molecule has 2 atom stereocenters. The Morgan fingerprint density at radius 2 is 1.47 bits per heavy atom. The molecule has 0 radical (unpaired) electrons. The van der Waals surface area contributed by atoms with E-state index in [1.807, 2.05) is 0 Å². The summed E-state index contributed by atoms with van der Waals surface area (Å²) in [5.41, 5.74) is -1.65. The Hall–Kier alpha value is -3.39. The normalized spacial score (nSPS) is 13.2. The summed E-state index contributed by atoms with van der Waals surface area (Å²) in [5, 5.41) is 20.6. The van der Waals surface area contributed by atoms with Crippen LogP contribution in [0.4, 0.5) is 4.79 Å². The van der Waals surface area contributed by atoms with Crippen molar-refractivity contribution in [2.75, 3.05) is 13.2 Å². The van der Waals surface area contributed by atoms with Gasteiger partial charge in [0.05, 0.1) is 0 Å². The number of rotatable bonds is 12. The molecule has 0 fully saturated rings. The van der Waals surface area contributed by atoms with E-state index >= 15 is 0 Å².